The SMILES string of the molecule is Cc1cccc(Cl)c1NC(=O)c1cnc(Nc2ccc(Cl)nn2)s1. The number of nitrogens with one attached hydrogen (secondary N) is 2. The molecular weight excluding hydrogens is 369 g/mol. The van der Waals surface area contributed by atoms with Gasteiger partial charge < -0.3 is 10.6 Å². The minimum Gasteiger partial charge on any atom is -0.320 e. The predicted molar refractivity (Wildman–Crippen MR) is 96.6 cm³/mol. The Kier molecular flexibility index (Phi) is 4.94. The Balaban J connectivity index is 1.73. The zero-order chi connectivity index (χ0) is 17.1. The number of amides is 1. The van der Waals surface area contributed by atoms with Crippen molar-refractivity contribution in [1.29, 1.82) is 0 Å². The largest absolute Gasteiger partial charge is 0.320 e. The summed E-state index contributed by atoms with van der Waals surface area (Å²) in [4.78, 5) is 17.0. The summed E-state index contributed by atoms with van der Waals surface area (Å²) in [7, 11) is 0. The van der Waals surface area contributed by atoms with Crippen molar-refractivity contribution in [3.05, 3.63) is 57.1 Å². The fourth-order valence-electron chi connectivity index (χ4n) is 1.89. The van der Waals surface area contributed by atoms with Gasteiger partial charge in [-0.3, -0.25) is 4.79 Å². The first-order valence-corrected chi connectivity index (χ1v) is 8.39. The van der Waals surface area contributed by atoms with Gasteiger partial charge in [0, 0.05) is 0 Å². The minimum atomic E-state index is -0.279. The average Bonchev–Trinajstić information content (AvgIpc) is 3.02. The highest BCUT2D eigenvalue weighted by molar-refractivity contribution is 7.17. The molecule has 9 heteroatoms. The highest BCUT2D eigenvalue weighted by atomic mass is 35.5. The highest BCUT2D eigenvalue weighted by Gasteiger charge is 2.14. The standard InChI is InChI=1S/C15H11Cl2N5OS/c1-8-3-2-4-9(16)13(8)20-14(23)10-7-18-15(24-10)19-12-6-5-11(17)21-22-12/h2-7H,1H3,(H,20,23)(H,18,19,22). The molecular formula is C15H11Cl2N5OS. The maximum Gasteiger partial charge on any atom is 0.267 e. The molecule has 24 heavy (non-hydrogen) atoms. The summed E-state index contributed by atoms with van der Waals surface area (Å²) >= 11 is 13.0. The van der Waals surface area contributed by atoms with Gasteiger partial charge in [-0.1, -0.05) is 46.7 Å². The van der Waals surface area contributed by atoms with Crippen LogP contribution in [0.3, 0.4) is 0 Å². The first-order chi connectivity index (χ1) is 11.5. The topological polar surface area (TPSA) is 79.8 Å². The van der Waals surface area contributed by atoms with Gasteiger partial charge in [0.25, 0.3) is 5.91 Å². The third-order valence-corrected chi connectivity index (χ3v) is 4.49. The van der Waals surface area contributed by atoms with Crippen LogP contribution in [0.5, 0.6) is 0 Å². The molecule has 0 fully saturated rings. The minimum absolute atomic E-state index is 0.279. The summed E-state index contributed by atoms with van der Waals surface area (Å²) in [5.41, 5.74) is 1.48. The predicted octanol–water partition coefficient (Wildman–Crippen LogP) is 4.54. The van der Waals surface area contributed by atoms with Crippen LogP contribution in [0, 0.1) is 6.92 Å². The lowest BCUT2D eigenvalue weighted by Gasteiger charge is -2.08. The second-order valence-electron chi connectivity index (χ2n) is 4.78. The van der Waals surface area contributed by atoms with Gasteiger partial charge in [0.1, 0.15) is 4.88 Å². The van der Waals surface area contributed by atoms with Gasteiger partial charge in [-0.15, -0.1) is 10.2 Å². The summed E-state index contributed by atoms with van der Waals surface area (Å²) in [6.45, 7) is 1.88. The molecule has 0 saturated heterocycles. The van der Waals surface area contributed by atoms with E-state index >= 15 is 0 Å². The second kappa shape index (κ2) is 7.12. The van der Waals surface area contributed by atoms with E-state index in [9.17, 15) is 4.79 Å². The van der Waals surface area contributed by atoms with Gasteiger partial charge in [-0.05, 0) is 30.7 Å². The van der Waals surface area contributed by atoms with Crippen LogP contribution in [0.15, 0.2) is 36.5 Å². The van der Waals surface area contributed by atoms with E-state index in [2.05, 4.69) is 25.8 Å². The molecule has 2 heterocycles. The van der Waals surface area contributed by atoms with E-state index in [1.54, 1.807) is 18.2 Å². The third kappa shape index (κ3) is 3.81. The number of thiazole rings is 1. The number of hydrogen-bond acceptors (Lipinski definition) is 6. The summed E-state index contributed by atoms with van der Waals surface area (Å²) in [5.74, 6) is 0.210. The molecule has 3 rings (SSSR count). The van der Waals surface area contributed by atoms with Crippen molar-refractivity contribution in [3.8, 4) is 0 Å². The van der Waals surface area contributed by atoms with Crippen molar-refractivity contribution in [3.63, 3.8) is 0 Å². The molecule has 0 aliphatic carbocycles. The molecule has 1 aromatic carbocycles. The molecule has 0 unspecified atom stereocenters. The number of carbonyl (C=O) groups is 1. The van der Waals surface area contributed by atoms with Crippen molar-refractivity contribution in [1.82, 2.24) is 15.2 Å². The zero-order valence-corrected chi connectivity index (χ0v) is 14.7. The van der Waals surface area contributed by atoms with Crippen LogP contribution in [0.25, 0.3) is 0 Å². The monoisotopic (exact) mass is 379 g/mol. The Morgan fingerprint density at radius 1 is 1.17 bits per heavy atom. The van der Waals surface area contributed by atoms with E-state index in [1.807, 2.05) is 19.1 Å². The smallest absolute Gasteiger partial charge is 0.267 e. The maximum absolute atomic E-state index is 12.4. The molecule has 0 aliphatic rings. The van der Waals surface area contributed by atoms with E-state index in [0.29, 0.717) is 31.7 Å². The number of aromatic nitrogens is 3. The number of anilines is 3. The third-order valence-electron chi connectivity index (χ3n) is 3.06. The van der Waals surface area contributed by atoms with Gasteiger partial charge in [-0.25, -0.2) is 4.98 Å². The average molecular weight is 380 g/mol. The van der Waals surface area contributed by atoms with E-state index in [-0.39, 0.29) is 5.91 Å². The highest BCUT2D eigenvalue weighted by Crippen LogP contribution is 2.27. The van der Waals surface area contributed by atoms with Crippen LogP contribution < -0.4 is 10.6 Å². The number of nitrogens with zero attached hydrogens (tertiary/aromatic N) is 3. The number of carbonyl (C=O) groups excluding carboxylic acids is 1. The number of benzene rings is 1. The molecule has 1 amide bonds. The number of rotatable bonds is 4. The fourth-order valence-corrected chi connectivity index (χ4v) is 2.98. The first-order valence-electron chi connectivity index (χ1n) is 6.81. The van der Waals surface area contributed by atoms with Crippen LogP contribution in [-0.4, -0.2) is 21.1 Å². The van der Waals surface area contributed by atoms with Gasteiger partial charge in [0.15, 0.2) is 16.1 Å². The first kappa shape index (κ1) is 16.6. The second-order valence-corrected chi connectivity index (χ2v) is 6.61. The normalized spacial score (nSPS) is 10.5. The van der Waals surface area contributed by atoms with Gasteiger partial charge >= 0.3 is 0 Å². The van der Waals surface area contributed by atoms with Crippen molar-refractivity contribution in [2.75, 3.05) is 10.6 Å². The van der Waals surface area contributed by atoms with Crippen molar-refractivity contribution in [2.45, 2.75) is 6.92 Å². The van der Waals surface area contributed by atoms with E-state index < -0.39 is 0 Å². The van der Waals surface area contributed by atoms with Crippen molar-refractivity contribution >= 4 is 57.1 Å². The Labute approximate surface area is 151 Å². The van der Waals surface area contributed by atoms with Crippen LogP contribution in [0.2, 0.25) is 10.2 Å². The van der Waals surface area contributed by atoms with Gasteiger partial charge in [-0.2, -0.15) is 0 Å². The Bertz CT molecular complexity index is 862. The molecule has 0 bridgehead atoms. The fraction of sp³-hybridized carbons (Fsp3) is 0.0667. The molecule has 2 N–H and O–H groups in total. The van der Waals surface area contributed by atoms with Crippen molar-refractivity contribution in [2.24, 2.45) is 0 Å². The summed E-state index contributed by atoms with van der Waals surface area (Å²) in [5, 5.41) is 14.7. The molecule has 3 aromatic rings. The maximum atomic E-state index is 12.4. The Morgan fingerprint density at radius 2 is 2.00 bits per heavy atom. The molecule has 2 aromatic heterocycles. The summed E-state index contributed by atoms with van der Waals surface area (Å²) in [6, 6.07) is 8.71. The summed E-state index contributed by atoms with van der Waals surface area (Å²) < 4.78 is 0. The Morgan fingerprint density at radius 3 is 2.71 bits per heavy atom. The van der Waals surface area contributed by atoms with E-state index in [0.717, 1.165) is 5.56 Å². The van der Waals surface area contributed by atoms with E-state index in [4.69, 9.17) is 23.2 Å². The summed E-state index contributed by atoms with van der Waals surface area (Å²) in [6.07, 6.45) is 1.48. The number of para-hydroxylation sites is 1. The molecule has 6 nitrogen and oxygen atoms in total. The number of hydrogen-bond donors (Lipinski definition) is 2. The van der Waals surface area contributed by atoms with E-state index in [1.165, 1.54) is 17.5 Å². The van der Waals surface area contributed by atoms with Crippen LogP contribution in [0.1, 0.15) is 15.2 Å². The molecule has 122 valence electrons. The quantitative estimate of drug-likeness (QED) is 0.695. The zero-order valence-electron chi connectivity index (χ0n) is 12.4. The molecule has 0 atom stereocenters. The van der Waals surface area contributed by atoms with Gasteiger partial charge in [0.05, 0.1) is 16.9 Å². The Hall–Kier alpha value is -2.22. The van der Waals surface area contributed by atoms with Crippen LogP contribution in [-0.2, 0) is 0 Å². The van der Waals surface area contributed by atoms with Crippen molar-refractivity contribution < 1.29 is 4.79 Å². The van der Waals surface area contributed by atoms with Crippen LogP contribution in [0.4, 0.5) is 16.6 Å². The molecule has 0 spiro atoms. The molecule has 0 aliphatic heterocycles. The molecule has 0 saturated carbocycles. The van der Waals surface area contributed by atoms with Gasteiger partial charge in [0.2, 0.25) is 0 Å². The lowest BCUT2D eigenvalue weighted by atomic mass is 10.2. The lowest BCUT2D eigenvalue weighted by Crippen LogP contribution is -2.11. The van der Waals surface area contributed by atoms with Crippen LogP contribution >= 0.6 is 34.5 Å². The number of aryl methyl sites for hydroxylation is 1. The lowest BCUT2D eigenvalue weighted by molar-refractivity contribution is 0.103. The number of halogens is 2. The molecule has 0 radical (unpaired) electrons.